The first-order valence-electron chi connectivity index (χ1n) is 20.6. The van der Waals surface area contributed by atoms with E-state index in [1.807, 2.05) is 115 Å². The van der Waals surface area contributed by atoms with Crippen LogP contribution in [0.15, 0.2) is 212 Å². The lowest BCUT2D eigenvalue weighted by Gasteiger charge is -2.33. The van der Waals surface area contributed by atoms with Crippen molar-refractivity contribution in [3.8, 4) is 67.9 Å². The Morgan fingerprint density at radius 3 is 1.19 bits per heavy atom. The second kappa shape index (κ2) is 14.6. The molecule has 7 nitrogen and oxygen atoms in total. The smallest absolute Gasteiger partial charge is 0.151 e. The first-order chi connectivity index (χ1) is 30.7. The Hall–Kier alpha value is -8.55. The molecule has 0 saturated carbocycles. The molecule has 8 aromatic carbocycles. The molecular formula is C55H35N5O2. The summed E-state index contributed by atoms with van der Waals surface area (Å²) in [4.78, 5) is 21.0. The second-order valence-corrected chi connectivity index (χ2v) is 15.2. The molecule has 12 rings (SSSR count). The van der Waals surface area contributed by atoms with Crippen LogP contribution < -0.4 is 19.3 Å². The molecule has 4 heterocycles. The lowest BCUT2D eigenvalue weighted by atomic mass is 9.99. The lowest BCUT2D eigenvalue weighted by Crippen LogP contribution is -2.15. The van der Waals surface area contributed by atoms with Crippen LogP contribution in [0, 0.1) is 0 Å². The molecule has 2 aliphatic heterocycles. The third-order valence-electron chi connectivity index (χ3n) is 11.5. The molecule has 0 N–H and O–H groups in total. The summed E-state index contributed by atoms with van der Waals surface area (Å²) >= 11 is 0. The van der Waals surface area contributed by atoms with Crippen LogP contribution in [-0.2, 0) is 0 Å². The molecule has 2 aliphatic rings. The van der Waals surface area contributed by atoms with Gasteiger partial charge >= 0.3 is 0 Å². The Balaban J connectivity index is 1.08. The van der Waals surface area contributed by atoms with Crippen molar-refractivity contribution >= 4 is 45.2 Å². The van der Waals surface area contributed by atoms with Crippen LogP contribution in [0.1, 0.15) is 0 Å². The van der Waals surface area contributed by atoms with Crippen LogP contribution in [0.2, 0.25) is 0 Å². The van der Waals surface area contributed by atoms with Gasteiger partial charge in [0.1, 0.15) is 11.0 Å². The van der Waals surface area contributed by atoms with E-state index in [9.17, 15) is 0 Å². The molecule has 0 aliphatic carbocycles. The molecule has 0 saturated heterocycles. The molecule has 0 fully saturated rings. The van der Waals surface area contributed by atoms with Crippen molar-refractivity contribution in [2.24, 2.45) is 0 Å². The van der Waals surface area contributed by atoms with Gasteiger partial charge in [0.05, 0.1) is 39.8 Å². The summed E-state index contributed by atoms with van der Waals surface area (Å²) in [5.74, 6) is 3.18. The highest BCUT2D eigenvalue weighted by atomic mass is 16.5. The zero-order chi connectivity index (χ0) is 41.0. The average Bonchev–Trinajstić information content (AvgIpc) is 3.34. The number of para-hydroxylation sites is 8. The molecule has 10 aromatic rings. The number of anilines is 6. The van der Waals surface area contributed by atoms with E-state index in [0.29, 0.717) is 5.52 Å². The summed E-state index contributed by atoms with van der Waals surface area (Å²) in [5, 5.41) is 0. The monoisotopic (exact) mass is 797 g/mol. The van der Waals surface area contributed by atoms with Crippen LogP contribution in [0.4, 0.5) is 34.1 Å². The fraction of sp³-hybridized carbons (Fsp3) is 0. The zero-order valence-electron chi connectivity index (χ0n) is 33.3. The topological polar surface area (TPSA) is 63.6 Å². The fourth-order valence-electron chi connectivity index (χ4n) is 8.63. The van der Waals surface area contributed by atoms with E-state index in [4.69, 9.17) is 24.4 Å². The van der Waals surface area contributed by atoms with Gasteiger partial charge in [0.25, 0.3) is 0 Å². The Bertz CT molecular complexity index is 3020. The number of nitrogens with zero attached hydrogens (tertiary/aromatic N) is 5. The largest absolute Gasteiger partial charge is 0.453 e. The summed E-state index contributed by atoms with van der Waals surface area (Å²) in [5.41, 5.74) is 14.3. The SMILES string of the molecule is c1ccc(-c2nc3c(-c4cccc(N5c6ccccc6Oc6ccccc65)c4)cnc(-c4cccc(N5c6ccccc6Oc6ccccc65)c4)c3nc2-c2ccccc2)cc1. The van der Waals surface area contributed by atoms with E-state index in [2.05, 4.69) is 107 Å². The van der Waals surface area contributed by atoms with Crippen molar-refractivity contribution in [1.29, 1.82) is 0 Å². The molecule has 292 valence electrons. The average molecular weight is 798 g/mol. The van der Waals surface area contributed by atoms with Crippen molar-refractivity contribution in [3.05, 3.63) is 212 Å². The Kier molecular flexibility index (Phi) is 8.35. The molecule has 0 radical (unpaired) electrons. The van der Waals surface area contributed by atoms with Gasteiger partial charge in [0.2, 0.25) is 0 Å². The van der Waals surface area contributed by atoms with Crippen molar-refractivity contribution in [3.63, 3.8) is 0 Å². The third-order valence-corrected chi connectivity index (χ3v) is 11.5. The number of hydrogen-bond acceptors (Lipinski definition) is 7. The van der Waals surface area contributed by atoms with E-state index in [1.165, 1.54) is 0 Å². The zero-order valence-corrected chi connectivity index (χ0v) is 33.3. The van der Waals surface area contributed by atoms with Crippen LogP contribution in [0.3, 0.4) is 0 Å². The van der Waals surface area contributed by atoms with Crippen LogP contribution in [0.25, 0.3) is 55.9 Å². The van der Waals surface area contributed by atoms with Crippen LogP contribution in [0.5, 0.6) is 23.0 Å². The Labute approximate surface area is 358 Å². The molecule has 0 atom stereocenters. The first kappa shape index (κ1) is 35.4. The lowest BCUT2D eigenvalue weighted by molar-refractivity contribution is 0.477. The van der Waals surface area contributed by atoms with Crippen molar-refractivity contribution in [2.75, 3.05) is 9.80 Å². The Morgan fingerprint density at radius 1 is 0.323 bits per heavy atom. The summed E-state index contributed by atoms with van der Waals surface area (Å²) in [6.07, 6.45) is 1.95. The molecule has 62 heavy (non-hydrogen) atoms. The van der Waals surface area contributed by atoms with Gasteiger partial charge in [-0.25, -0.2) is 9.97 Å². The number of benzene rings is 8. The molecule has 0 unspecified atom stereocenters. The van der Waals surface area contributed by atoms with Crippen LogP contribution in [-0.4, -0.2) is 15.0 Å². The summed E-state index contributed by atoms with van der Waals surface area (Å²) in [7, 11) is 0. The molecular weight excluding hydrogens is 763 g/mol. The maximum Gasteiger partial charge on any atom is 0.151 e. The van der Waals surface area contributed by atoms with Gasteiger partial charge in [-0.15, -0.1) is 0 Å². The normalized spacial score (nSPS) is 12.4. The Morgan fingerprint density at radius 2 is 0.710 bits per heavy atom. The number of hydrogen-bond donors (Lipinski definition) is 0. The standard InChI is InChI=1S/C55H35N5O2/c1-3-17-36(18-4-1)52-53(37-19-5-2-6-20-37)58-55-51(39-22-16-24-41(34-39)60-45-27-9-13-31-49(45)62-50-32-14-10-28-46(50)60)56-35-42(54(55)57-52)38-21-15-23-40(33-38)59-43-25-7-11-29-47(43)61-48-30-12-8-26-44(48)59/h1-35H. The van der Waals surface area contributed by atoms with Gasteiger partial charge in [-0.3, -0.25) is 4.98 Å². The quantitative estimate of drug-likeness (QED) is 0.166. The first-order valence-corrected chi connectivity index (χ1v) is 20.6. The number of aromatic nitrogens is 3. The number of fused-ring (bicyclic) bond motifs is 5. The minimum atomic E-state index is 0.702. The fourth-order valence-corrected chi connectivity index (χ4v) is 8.63. The maximum absolute atomic E-state index is 6.36. The minimum absolute atomic E-state index is 0.702. The van der Waals surface area contributed by atoms with E-state index in [1.54, 1.807) is 0 Å². The second-order valence-electron chi connectivity index (χ2n) is 15.2. The summed E-state index contributed by atoms with van der Waals surface area (Å²) in [6, 6.07) is 70.2. The van der Waals surface area contributed by atoms with Gasteiger partial charge in [0.15, 0.2) is 23.0 Å². The van der Waals surface area contributed by atoms with E-state index >= 15 is 0 Å². The highest BCUT2D eigenvalue weighted by Gasteiger charge is 2.28. The van der Waals surface area contributed by atoms with E-state index in [0.717, 1.165) is 108 Å². The van der Waals surface area contributed by atoms with Gasteiger partial charge in [0, 0.05) is 39.8 Å². The van der Waals surface area contributed by atoms with Crippen molar-refractivity contribution in [1.82, 2.24) is 15.0 Å². The summed E-state index contributed by atoms with van der Waals surface area (Å²) < 4.78 is 12.7. The highest BCUT2D eigenvalue weighted by molar-refractivity contribution is 6.02. The van der Waals surface area contributed by atoms with Gasteiger partial charge in [-0.05, 0) is 78.4 Å². The molecule has 7 heteroatoms. The number of ether oxygens (including phenoxy) is 2. The molecule has 0 spiro atoms. The van der Waals surface area contributed by atoms with E-state index < -0.39 is 0 Å². The molecule has 0 bridgehead atoms. The van der Waals surface area contributed by atoms with Gasteiger partial charge < -0.3 is 19.3 Å². The van der Waals surface area contributed by atoms with Crippen molar-refractivity contribution in [2.45, 2.75) is 0 Å². The highest BCUT2D eigenvalue weighted by Crippen LogP contribution is 2.52. The minimum Gasteiger partial charge on any atom is -0.453 e. The number of rotatable bonds is 6. The van der Waals surface area contributed by atoms with E-state index in [-0.39, 0.29) is 0 Å². The molecule has 0 amide bonds. The molecule has 2 aromatic heterocycles. The van der Waals surface area contributed by atoms with Crippen molar-refractivity contribution < 1.29 is 9.47 Å². The summed E-state index contributed by atoms with van der Waals surface area (Å²) in [6.45, 7) is 0. The van der Waals surface area contributed by atoms with Crippen LogP contribution >= 0.6 is 0 Å². The predicted octanol–water partition coefficient (Wildman–Crippen LogP) is 14.8. The third kappa shape index (κ3) is 5.94. The van der Waals surface area contributed by atoms with Gasteiger partial charge in [-0.2, -0.15) is 0 Å². The predicted molar refractivity (Wildman–Crippen MR) is 249 cm³/mol. The number of pyridine rings is 1. The van der Waals surface area contributed by atoms with Gasteiger partial charge in [-0.1, -0.05) is 133 Å². The maximum atomic E-state index is 6.36.